The Kier molecular flexibility index (Phi) is 17.6. The van der Waals surface area contributed by atoms with Gasteiger partial charge in [-0.3, -0.25) is 4.79 Å². The van der Waals surface area contributed by atoms with Gasteiger partial charge in [-0.05, 0) is 53.7 Å². The summed E-state index contributed by atoms with van der Waals surface area (Å²) < 4.78 is 6.39. The molecular weight excluding hydrogens is 763 g/mol. The maximum atomic E-state index is 11.1. The van der Waals surface area contributed by atoms with Crippen LogP contribution >= 0.6 is 7.26 Å². The third-order valence-electron chi connectivity index (χ3n) is 6.81. The number of carbonyl (C=O) groups excluding carboxylic acids is 1. The number of nitrogens with zero attached hydrogens (tertiary/aromatic N) is 4. The average Bonchev–Trinajstić information content (AvgIpc) is 3.10. The number of nitrogens with one attached hydrogen (secondary N) is 2. The first kappa shape index (κ1) is 39.8. The van der Waals surface area contributed by atoms with Crippen LogP contribution in [0.25, 0.3) is 0 Å². The van der Waals surface area contributed by atoms with Crippen molar-refractivity contribution in [1.29, 1.82) is 0 Å². The van der Waals surface area contributed by atoms with Crippen LogP contribution in [-0.2, 0) is 47.1 Å². The second kappa shape index (κ2) is 20.8. The van der Waals surface area contributed by atoms with E-state index in [1.54, 1.807) is 38.2 Å². The summed E-state index contributed by atoms with van der Waals surface area (Å²) in [6.45, 7) is 2.62. The first-order valence-corrected chi connectivity index (χ1v) is 17.0. The summed E-state index contributed by atoms with van der Waals surface area (Å²) in [6, 6.07) is 38.7. The van der Waals surface area contributed by atoms with Gasteiger partial charge in [0.1, 0.15) is 35.2 Å². The summed E-state index contributed by atoms with van der Waals surface area (Å²) >= 11 is 10.5. The van der Waals surface area contributed by atoms with Gasteiger partial charge in [0.2, 0.25) is 0 Å². The third kappa shape index (κ3) is 11.1. The molecule has 0 bridgehead atoms. The van der Waals surface area contributed by atoms with Crippen molar-refractivity contribution in [3.8, 4) is 0 Å². The number of hydrogen-bond donors (Lipinski definition) is 2. The summed E-state index contributed by atoms with van der Waals surface area (Å²) in [5.41, 5.74) is 2.17. The molecule has 1 radical (unpaired) electrons. The van der Waals surface area contributed by atoms with Gasteiger partial charge in [-0.2, -0.15) is 15.3 Å². The van der Waals surface area contributed by atoms with Crippen LogP contribution < -0.4 is 43.5 Å². The molecule has 4 aromatic carbocycles. The number of rotatable bonds is 13. The molecule has 2 N–H and O–H groups in total. The Bertz CT molecular complexity index is 1570. The van der Waals surface area contributed by atoms with Crippen molar-refractivity contribution in [3.63, 3.8) is 0 Å². The van der Waals surface area contributed by atoms with Gasteiger partial charge in [0.05, 0.1) is 12.3 Å². The minimum absolute atomic E-state index is 0. The SMILES string of the molecule is CNC([S-])=NN=C(C(C)=NN=C([S-])NCCOC[P+](c1ccccc1)(c1ccccc1)c1ccccc1)c1ccc(C=O)cc1.[Br-].[Cu+2]. The Hall–Kier alpha value is -3.34. The normalized spacial score (nSPS) is 12.4. The van der Waals surface area contributed by atoms with E-state index in [0.717, 1.165) is 6.29 Å². The number of aldehydes is 1. The van der Waals surface area contributed by atoms with Crippen molar-refractivity contribution in [2.45, 2.75) is 6.92 Å². The number of hydrogen-bond acceptors (Lipinski definition) is 8. The molecule has 0 fully saturated rings. The Morgan fingerprint density at radius 2 is 1.23 bits per heavy atom. The van der Waals surface area contributed by atoms with Gasteiger partial charge >= 0.3 is 17.1 Å². The summed E-state index contributed by atoms with van der Waals surface area (Å²) in [4.78, 5) is 11.1. The van der Waals surface area contributed by atoms with Gasteiger partial charge in [0.15, 0.2) is 6.35 Å². The molecule has 0 amide bonds. The van der Waals surface area contributed by atoms with Gasteiger partial charge in [-0.25, -0.2) is 0 Å². The summed E-state index contributed by atoms with van der Waals surface area (Å²) in [6.07, 6.45) is 1.31. The molecule has 0 unspecified atom stereocenters. The zero-order valence-electron chi connectivity index (χ0n) is 25.7. The standard InChI is InChI=1S/C34H35N6O2PS2.BrH.Cu/c1-26(32(38-39-33(44)35-2)28-20-18-27(24-41)19-21-28)37-40-34(45)36-22-23-42-25-43(29-12-6-3-7-13-29,30-14-8-4-9-15-30)31-16-10-5-11-17-31;;/h3-21,24H,22-23,25H2,1-2H3,(H3-,35,36,37,38,39,40,41,44,45);1H;/q;;+2/p-2. The fraction of sp³-hybridized carbons (Fsp3) is 0.147. The van der Waals surface area contributed by atoms with Crippen molar-refractivity contribution < 1.29 is 43.6 Å². The average molecular weight is 797 g/mol. The maximum absolute atomic E-state index is 11.1. The van der Waals surface area contributed by atoms with E-state index < -0.39 is 7.26 Å². The van der Waals surface area contributed by atoms with Gasteiger partial charge in [0, 0.05) is 24.7 Å². The molecule has 13 heteroatoms. The van der Waals surface area contributed by atoms with Crippen LogP contribution in [0.1, 0.15) is 22.8 Å². The van der Waals surface area contributed by atoms with E-state index in [1.165, 1.54) is 15.9 Å². The first-order chi connectivity index (χ1) is 22.0. The maximum Gasteiger partial charge on any atom is 2.00 e. The number of amidine groups is 2. The van der Waals surface area contributed by atoms with Crippen molar-refractivity contribution in [2.75, 3.05) is 26.5 Å². The molecule has 8 nitrogen and oxygen atoms in total. The molecule has 0 aliphatic carbocycles. The van der Waals surface area contributed by atoms with E-state index in [9.17, 15) is 4.79 Å². The number of ether oxygens (including phenoxy) is 1. The summed E-state index contributed by atoms with van der Waals surface area (Å²) in [5, 5.41) is 26.8. The zero-order valence-corrected chi connectivity index (χ0v) is 30.8. The third-order valence-corrected chi connectivity index (χ3v) is 11.4. The summed E-state index contributed by atoms with van der Waals surface area (Å²) in [7, 11) is -0.425. The molecule has 47 heavy (non-hydrogen) atoms. The summed E-state index contributed by atoms with van der Waals surface area (Å²) in [5.74, 6) is 0. The number of carbonyl (C=O) groups is 1. The Balaban J connectivity index is 0.00000384. The van der Waals surface area contributed by atoms with Crippen LogP contribution in [0.3, 0.4) is 0 Å². The molecule has 0 aliphatic rings. The van der Waals surface area contributed by atoms with Crippen molar-refractivity contribution in [2.24, 2.45) is 20.4 Å². The fourth-order valence-corrected chi connectivity index (χ4v) is 8.53. The van der Waals surface area contributed by atoms with E-state index >= 15 is 0 Å². The van der Waals surface area contributed by atoms with Gasteiger partial charge in [-0.15, -0.1) is 5.10 Å². The minimum atomic E-state index is -2.09. The van der Waals surface area contributed by atoms with Crippen molar-refractivity contribution >= 4 is 76.5 Å². The minimum Gasteiger partial charge on any atom is -1.00 e. The van der Waals surface area contributed by atoms with E-state index in [4.69, 9.17) is 30.0 Å². The predicted molar refractivity (Wildman–Crippen MR) is 194 cm³/mol. The first-order valence-electron chi connectivity index (χ1n) is 14.2. The molecule has 0 aliphatic heterocycles. The topological polar surface area (TPSA) is 99.8 Å². The van der Waals surface area contributed by atoms with Gasteiger partial charge in [-0.1, -0.05) is 78.9 Å². The molecule has 0 saturated heterocycles. The van der Waals surface area contributed by atoms with Crippen molar-refractivity contribution in [1.82, 2.24) is 10.6 Å². The van der Waals surface area contributed by atoms with Crippen LogP contribution in [0.4, 0.5) is 0 Å². The predicted octanol–water partition coefficient (Wildman–Crippen LogP) is 1.16. The van der Waals surface area contributed by atoms with Crippen LogP contribution in [0.2, 0.25) is 0 Å². The van der Waals surface area contributed by atoms with Crippen LogP contribution in [0.15, 0.2) is 136 Å². The van der Waals surface area contributed by atoms with E-state index in [2.05, 4.69) is 104 Å². The fourth-order valence-electron chi connectivity index (χ4n) is 4.56. The second-order valence-electron chi connectivity index (χ2n) is 9.71. The smallest absolute Gasteiger partial charge is 1.00 e. The molecular formula is C34H34BrCuN6O2PS2. The van der Waals surface area contributed by atoms with E-state index in [-0.39, 0.29) is 44.4 Å². The molecule has 4 rings (SSSR count). The Labute approximate surface area is 309 Å². The van der Waals surface area contributed by atoms with Gasteiger partial charge in [0.25, 0.3) is 0 Å². The number of halogens is 1. The molecule has 0 heterocycles. The molecule has 0 atom stereocenters. The monoisotopic (exact) mass is 795 g/mol. The molecule has 0 aromatic heterocycles. The van der Waals surface area contributed by atoms with E-state index in [0.29, 0.717) is 42.0 Å². The second-order valence-corrected chi connectivity index (χ2v) is 13.9. The van der Waals surface area contributed by atoms with Crippen LogP contribution in [-0.4, -0.2) is 54.6 Å². The molecule has 0 spiro atoms. The van der Waals surface area contributed by atoms with Crippen LogP contribution in [0.5, 0.6) is 0 Å². The largest absolute Gasteiger partial charge is 2.00 e. The zero-order chi connectivity index (χ0) is 31.9. The van der Waals surface area contributed by atoms with Crippen LogP contribution in [0, 0.1) is 0 Å². The number of benzene rings is 4. The molecule has 0 saturated carbocycles. The van der Waals surface area contributed by atoms with Gasteiger partial charge < -0.3 is 57.6 Å². The van der Waals surface area contributed by atoms with Crippen molar-refractivity contribution in [3.05, 3.63) is 126 Å². The molecule has 4 aromatic rings. The molecule has 247 valence electrons. The Morgan fingerprint density at radius 1 is 0.745 bits per heavy atom. The van der Waals surface area contributed by atoms with E-state index in [1.807, 2.05) is 18.2 Å². The quantitative estimate of drug-likeness (QED) is 0.0309. The Morgan fingerprint density at radius 3 is 1.70 bits per heavy atom.